The molecule has 0 saturated carbocycles. The number of nitrogens with zero attached hydrogens (tertiary/aromatic N) is 1. The van der Waals surface area contributed by atoms with Crippen LogP contribution in [0.2, 0.25) is 0 Å². The molecule has 2 N–H and O–H groups in total. The lowest BCUT2D eigenvalue weighted by atomic mass is 10.2. The number of amides is 1. The Balaban J connectivity index is 1.89. The molecule has 1 fully saturated rings. The van der Waals surface area contributed by atoms with Gasteiger partial charge in [0.15, 0.2) is 6.61 Å². The molecule has 20 heavy (non-hydrogen) atoms. The normalized spacial score (nSPS) is 15.6. The number of likely N-dealkylation sites (tertiary alicyclic amines) is 1. The van der Waals surface area contributed by atoms with Crippen molar-refractivity contribution in [3.8, 4) is 11.5 Å². The molecule has 5 heteroatoms. The Morgan fingerprint density at radius 2 is 1.95 bits per heavy atom. The summed E-state index contributed by atoms with van der Waals surface area (Å²) in [5.41, 5.74) is 6.34. The third-order valence-electron chi connectivity index (χ3n) is 3.53. The van der Waals surface area contributed by atoms with Gasteiger partial charge >= 0.3 is 0 Å². The second-order valence-corrected chi connectivity index (χ2v) is 4.99. The van der Waals surface area contributed by atoms with Crippen molar-refractivity contribution in [3.63, 3.8) is 0 Å². The van der Waals surface area contributed by atoms with Crippen LogP contribution in [0.25, 0.3) is 0 Å². The van der Waals surface area contributed by atoms with Gasteiger partial charge in [0, 0.05) is 19.2 Å². The Hall–Kier alpha value is -1.91. The van der Waals surface area contributed by atoms with E-state index in [1.54, 1.807) is 25.3 Å². The predicted molar refractivity (Wildman–Crippen MR) is 77.9 cm³/mol. The smallest absolute Gasteiger partial charge is 0.260 e. The summed E-state index contributed by atoms with van der Waals surface area (Å²) < 4.78 is 10.6. The molecule has 1 aliphatic heterocycles. The Labute approximate surface area is 119 Å². The van der Waals surface area contributed by atoms with Gasteiger partial charge < -0.3 is 20.1 Å². The van der Waals surface area contributed by atoms with Gasteiger partial charge in [0.05, 0.1) is 12.8 Å². The van der Waals surface area contributed by atoms with Crippen LogP contribution >= 0.6 is 0 Å². The summed E-state index contributed by atoms with van der Waals surface area (Å²) in [6, 6.07) is 5.18. The highest BCUT2D eigenvalue weighted by Gasteiger charge is 2.16. The van der Waals surface area contributed by atoms with E-state index in [1.807, 2.05) is 4.90 Å². The minimum atomic E-state index is 0.0297. The number of rotatable bonds is 4. The topological polar surface area (TPSA) is 64.8 Å². The molecule has 1 aromatic carbocycles. The highest BCUT2D eigenvalue weighted by atomic mass is 16.5. The van der Waals surface area contributed by atoms with Gasteiger partial charge in [-0.15, -0.1) is 0 Å². The fourth-order valence-electron chi connectivity index (χ4n) is 2.34. The number of carbonyl (C=O) groups excluding carboxylic acids is 1. The molecule has 0 spiro atoms. The van der Waals surface area contributed by atoms with Crippen molar-refractivity contribution in [1.29, 1.82) is 0 Å². The summed E-state index contributed by atoms with van der Waals surface area (Å²) in [5.74, 6) is 1.23. The minimum Gasteiger partial charge on any atom is -0.497 e. The zero-order valence-electron chi connectivity index (χ0n) is 11.9. The number of nitrogen functional groups attached to an aromatic ring is 1. The number of nitrogens with two attached hydrogens (primary N) is 1. The first-order chi connectivity index (χ1) is 9.70. The van der Waals surface area contributed by atoms with E-state index in [9.17, 15) is 4.79 Å². The van der Waals surface area contributed by atoms with E-state index in [1.165, 1.54) is 12.8 Å². The van der Waals surface area contributed by atoms with E-state index in [0.29, 0.717) is 17.2 Å². The third kappa shape index (κ3) is 3.79. The zero-order chi connectivity index (χ0) is 14.4. The van der Waals surface area contributed by atoms with E-state index < -0.39 is 0 Å². The van der Waals surface area contributed by atoms with Crippen LogP contribution in [0.3, 0.4) is 0 Å². The Kier molecular flexibility index (Phi) is 5.09. The third-order valence-corrected chi connectivity index (χ3v) is 3.53. The van der Waals surface area contributed by atoms with Gasteiger partial charge in [-0.3, -0.25) is 4.79 Å². The molecule has 0 atom stereocenters. The first-order valence-corrected chi connectivity index (χ1v) is 7.05. The number of hydrogen-bond acceptors (Lipinski definition) is 4. The van der Waals surface area contributed by atoms with Crippen molar-refractivity contribution in [3.05, 3.63) is 18.2 Å². The summed E-state index contributed by atoms with van der Waals surface area (Å²) in [5, 5.41) is 0. The van der Waals surface area contributed by atoms with E-state index in [0.717, 1.165) is 25.9 Å². The second-order valence-electron chi connectivity index (χ2n) is 4.99. The first-order valence-electron chi connectivity index (χ1n) is 7.05. The van der Waals surface area contributed by atoms with Crippen molar-refractivity contribution in [2.24, 2.45) is 0 Å². The van der Waals surface area contributed by atoms with Gasteiger partial charge in [0.25, 0.3) is 5.91 Å². The van der Waals surface area contributed by atoms with Crippen LogP contribution in [0.5, 0.6) is 11.5 Å². The van der Waals surface area contributed by atoms with Gasteiger partial charge in [0.1, 0.15) is 11.5 Å². The Bertz CT molecular complexity index is 454. The number of methoxy groups -OCH3 is 1. The van der Waals surface area contributed by atoms with Crippen LogP contribution in [0.1, 0.15) is 25.7 Å². The van der Waals surface area contributed by atoms with E-state index in [4.69, 9.17) is 15.2 Å². The maximum absolute atomic E-state index is 12.1. The highest BCUT2D eigenvalue weighted by molar-refractivity contribution is 5.78. The van der Waals surface area contributed by atoms with Gasteiger partial charge in [0.2, 0.25) is 0 Å². The SMILES string of the molecule is COc1ccc(OCC(=O)N2CCCCCC2)c(N)c1. The van der Waals surface area contributed by atoms with Crippen LogP contribution in [-0.2, 0) is 4.79 Å². The predicted octanol–water partition coefficient (Wildman–Crippen LogP) is 2.06. The maximum atomic E-state index is 12.1. The number of carbonyl (C=O) groups is 1. The quantitative estimate of drug-likeness (QED) is 0.856. The first kappa shape index (κ1) is 14.5. The summed E-state index contributed by atoms with van der Waals surface area (Å²) in [6.45, 7) is 1.71. The van der Waals surface area contributed by atoms with Crippen molar-refractivity contribution in [1.82, 2.24) is 4.90 Å². The van der Waals surface area contributed by atoms with Crippen molar-refractivity contribution >= 4 is 11.6 Å². The number of hydrogen-bond donors (Lipinski definition) is 1. The molecule has 0 aromatic heterocycles. The molecule has 2 rings (SSSR count). The Morgan fingerprint density at radius 3 is 2.55 bits per heavy atom. The molecule has 1 aromatic rings. The second kappa shape index (κ2) is 7.03. The lowest BCUT2D eigenvalue weighted by molar-refractivity contribution is -0.133. The number of anilines is 1. The molecule has 1 heterocycles. The summed E-state index contributed by atoms with van der Waals surface area (Å²) >= 11 is 0. The van der Waals surface area contributed by atoms with Crippen LogP contribution < -0.4 is 15.2 Å². The monoisotopic (exact) mass is 278 g/mol. The zero-order valence-corrected chi connectivity index (χ0v) is 11.9. The molecule has 0 radical (unpaired) electrons. The average Bonchev–Trinajstić information content (AvgIpc) is 2.74. The van der Waals surface area contributed by atoms with Crippen molar-refractivity contribution < 1.29 is 14.3 Å². The van der Waals surface area contributed by atoms with E-state index >= 15 is 0 Å². The molecular formula is C15H22N2O3. The van der Waals surface area contributed by atoms with E-state index in [2.05, 4.69) is 0 Å². The highest BCUT2D eigenvalue weighted by Crippen LogP contribution is 2.26. The molecule has 110 valence electrons. The molecule has 5 nitrogen and oxygen atoms in total. The lowest BCUT2D eigenvalue weighted by Gasteiger charge is -2.20. The van der Waals surface area contributed by atoms with Gasteiger partial charge in [-0.1, -0.05) is 12.8 Å². The standard InChI is InChI=1S/C15H22N2O3/c1-19-12-6-7-14(13(16)10-12)20-11-15(18)17-8-4-2-3-5-9-17/h6-7,10H,2-5,8-9,11,16H2,1H3. The van der Waals surface area contributed by atoms with Crippen LogP contribution in [0.15, 0.2) is 18.2 Å². The maximum Gasteiger partial charge on any atom is 0.260 e. The summed E-state index contributed by atoms with van der Waals surface area (Å²) in [4.78, 5) is 14.0. The fraction of sp³-hybridized carbons (Fsp3) is 0.533. The summed E-state index contributed by atoms with van der Waals surface area (Å²) in [7, 11) is 1.58. The number of ether oxygens (including phenoxy) is 2. The van der Waals surface area contributed by atoms with Crippen LogP contribution in [-0.4, -0.2) is 37.6 Å². The largest absolute Gasteiger partial charge is 0.497 e. The van der Waals surface area contributed by atoms with Gasteiger partial charge in [-0.05, 0) is 25.0 Å². The van der Waals surface area contributed by atoms with Gasteiger partial charge in [-0.2, -0.15) is 0 Å². The molecule has 0 aliphatic carbocycles. The molecule has 0 unspecified atom stereocenters. The molecule has 1 saturated heterocycles. The molecular weight excluding hydrogens is 256 g/mol. The molecule has 1 amide bonds. The Morgan fingerprint density at radius 1 is 1.25 bits per heavy atom. The molecule has 0 bridgehead atoms. The van der Waals surface area contributed by atoms with Crippen molar-refractivity contribution in [2.45, 2.75) is 25.7 Å². The average molecular weight is 278 g/mol. The van der Waals surface area contributed by atoms with Crippen LogP contribution in [0.4, 0.5) is 5.69 Å². The summed E-state index contributed by atoms with van der Waals surface area (Å²) in [6.07, 6.45) is 4.57. The molecule has 1 aliphatic rings. The van der Waals surface area contributed by atoms with E-state index in [-0.39, 0.29) is 12.5 Å². The minimum absolute atomic E-state index is 0.0297. The van der Waals surface area contributed by atoms with Crippen LogP contribution in [0, 0.1) is 0 Å². The number of benzene rings is 1. The van der Waals surface area contributed by atoms with Gasteiger partial charge in [-0.25, -0.2) is 0 Å². The lowest BCUT2D eigenvalue weighted by Crippen LogP contribution is -2.35. The fourth-order valence-corrected chi connectivity index (χ4v) is 2.34. The van der Waals surface area contributed by atoms with Crippen molar-refractivity contribution in [2.75, 3.05) is 32.5 Å².